The second-order valence-electron chi connectivity index (χ2n) is 6.26. The van der Waals surface area contributed by atoms with E-state index in [0.29, 0.717) is 25.3 Å². The highest BCUT2D eigenvalue weighted by Gasteiger charge is 2.29. The lowest BCUT2D eigenvalue weighted by molar-refractivity contribution is -0.133. The molecular formula is C16H26ClFN2O2. The Kier molecular flexibility index (Phi) is 8.41. The summed E-state index contributed by atoms with van der Waals surface area (Å²) in [4.78, 5) is 13.7. The summed E-state index contributed by atoms with van der Waals surface area (Å²) in [6.45, 7) is 6.88. The van der Waals surface area contributed by atoms with Gasteiger partial charge in [0, 0.05) is 13.6 Å². The van der Waals surface area contributed by atoms with Crippen LogP contribution >= 0.6 is 12.4 Å². The summed E-state index contributed by atoms with van der Waals surface area (Å²) in [6, 6.07) is 5.36. The van der Waals surface area contributed by atoms with Gasteiger partial charge in [-0.1, -0.05) is 20.8 Å². The minimum atomic E-state index is -0.513. The third kappa shape index (κ3) is 6.62. The molecule has 22 heavy (non-hydrogen) atoms. The lowest BCUT2D eigenvalue weighted by Gasteiger charge is -2.30. The Morgan fingerprint density at radius 1 is 1.32 bits per heavy atom. The molecule has 2 N–H and O–H groups in total. The van der Waals surface area contributed by atoms with Gasteiger partial charge in [0.05, 0.1) is 12.6 Å². The molecule has 6 heteroatoms. The summed E-state index contributed by atoms with van der Waals surface area (Å²) >= 11 is 0. The fourth-order valence-corrected chi connectivity index (χ4v) is 1.74. The normalized spacial score (nSPS) is 12.3. The van der Waals surface area contributed by atoms with Crippen molar-refractivity contribution in [1.29, 1.82) is 0 Å². The first-order valence-corrected chi connectivity index (χ1v) is 7.11. The summed E-state index contributed by atoms with van der Waals surface area (Å²) < 4.78 is 18.2. The van der Waals surface area contributed by atoms with E-state index in [0.717, 1.165) is 0 Å². The summed E-state index contributed by atoms with van der Waals surface area (Å²) in [7, 11) is 1.74. The lowest BCUT2D eigenvalue weighted by atomic mass is 9.86. The zero-order valence-corrected chi connectivity index (χ0v) is 14.5. The molecule has 4 nitrogen and oxygen atoms in total. The first kappa shape index (κ1) is 20.7. The van der Waals surface area contributed by atoms with E-state index in [4.69, 9.17) is 10.5 Å². The minimum Gasteiger partial charge on any atom is -0.494 e. The molecule has 0 unspecified atom stereocenters. The molecule has 126 valence electrons. The molecule has 0 bridgehead atoms. The van der Waals surface area contributed by atoms with Crippen LogP contribution in [-0.4, -0.2) is 37.0 Å². The number of nitrogens with zero attached hydrogens (tertiary/aromatic N) is 1. The van der Waals surface area contributed by atoms with E-state index in [1.54, 1.807) is 24.1 Å². The van der Waals surface area contributed by atoms with Crippen molar-refractivity contribution in [3.8, 4) is 5.75 Å². The second kappa shape index (κ2) is 8.96. The highest BCUT2D eigenvalue weighted by Crippen LogP contribution is 2.18. The molecule has 1 aromatic rings. The standard InChI is InChI=1S/C16H25FN2O2.ClH/c1-16(2,3)14(18)15(20)19(4)10-5-11-21-13-8-6-12(17)7-9-13;/h6-9,14H,5,10-11,18H2,1-4H3;1H/t14-;/m1./s1. The fraction of sp³-hybridized carbons (Fsp3) is 0.562. The topological polar surface area (TPSA) is 55.6 Å². The van der Waals surface area contributed by atoms with E-state index in [9.17, 15) is 9.18 Å². The number of carbonyl (C=O) groups is 1. The van der Waals surface area contributed by atoms with Crippen LogP contribution in [0.2, 0.25) is 0 Å². The maximum Gasteiger partial charge on any atom is 0.239 e. The number of ether oxygens (including phenoxy) is 1. The Balaban J connectivity index is 0.00000441. The van der Waals surface area contributed by atoms with E-state index < -0.39 is 6.04 Å². The van der Waals surface area contributed by atoms with E-state index in [-0.39, 0.29) is 29.5 Å². The zero-order valence-electron chi connectivity index (χ0n) is 13.6. The number of halogens is 2. The quantitative estimate of drug-likeness (QED) is 0.815. The van der Waals surface area contributed by atoms with Crippen LogP contribution in [0.15, 0.2) is 24.3 Å². The van der Waals surface area contributed by atoms with Gasteiger partial charge in [0.25, 0.3) is 0 Å². The fourth-order valence-electron chi connectivity index (χ4n) is 1.74. The first-order valence-electron chi connectivity index (χ1n) is 7.11. The summed E-state index contributed by atoms with van der Waals surface area (Å²) in [5.74, 6) is 0.268. The van der Waals surface area contributed by atoms with Gasteiger partial charge in [-0.2, -0.15) is 0 Å². The predicted molar refractivity (Wildman–Crippen MR) is 88.8 cm³/mol. The lowest BCUT2D eigenvalue weighted by Crippen LogP contribution is -2.49. The molecule has 1 atom stereocenters. The molecule has 0 radical (unpaired) electrons. The van der Waals surface area contributed by atoms with Crippen LogP contribution < -0.4 is 10.5 Å². The van der Waals surface area contributed by atoms with Crippen molar-refractivity contribution in [3.63, 3.8) is 0 Å². The van der Waals surface area contributed by atoms with Crippen LogP contribution in [0.3, 0.4) is 0 Å². The number of amides is 1. The molecule has 0 aliphatic heterocycles. The molecule has 0 spiro atoms. The summed E-state index contributed by atoms with van der Waals surface area (Å²) in [5, 5.41) is 0. The van der Waals surface area contributed by atoms with Gasteiger partial charge in [-0.25, -0.2) is 4.39 Å². The molecule has 1 aromatic carbocycles. The van der Waals surface area contributed by atoms with Gasteiger partial charge in [-0.15, -0.1) is 12.4 Å². The van der Waals surface area contributed by atoms with Crippen molar-refractivity contribution in [1.82, 2.24) is 4.90 Å². The Bertz CT molecular complexity index is 460. The highest BCUT2D eigenvalue weighted by molar-refractivity contribution is 5.85. The second-order valence-corrected chi connectivity index (χ2v) is 6.26. The van der Waals surface area contributed by atoms with Gasteiger partial charge in [0.2, 0.25) is 5.91 Å². The number of nitrogens with two attached hydrogens (primary N) is 1. The van der Waals surface area contributed by atoms with E-state index >= 15 is 0 Å². The SMILES string of the molecule is CN(CCCOc1ccc(F)cc1)C(=O)[C@@H](N)C(C)(C)C.Cl. The maximum absolute atomic E-state index is 12.7. The molecule has 0 saturated heterocycles. The Morgan fingerprint density at radius 3 is 2.36 bits per heavy atom. The third-order valence-electron chi connectivity index (χ3n) is 3.30. The van der Waals surface area contributed by atoms with Crippen LogP contribution in [-0.2, 0) is 4.79 Å². The third-order valence-corrected chi connectivity index (χ3v) is 3.30. The van der Waals surface area contributed by atoms with Gasteiger partial charge in [-0.3, -0.25) is 4.79 Å². The molecule has 0 aliphatic rings. The molecule has 1 amide bonds. The number of carbonyl (C=O) groups excluding carboxylic acids is 1. The van der Waals surface area contributed by atoms with Gasteiger partial charge in [-0.05, 0) is 36.1 Å². The number of rotatable bonds is 6. The van der Waals surface area contributed by atoms with Crippen LogP contribution in [0.25, 0.3) is 0 Å². The first-order chi connectivity index (χ1) is 9.71. The maximum atomic E-state index is 12.7. The Labute approximate surface area is 138 Å². The average molecular weight is 333 g/mol. The Hall–Kier alpha value is -1.33. The number of benzene rings is 1. The van der Waals surface area contributed by atoms with Crippen LogP contribution in [0.5, 0.6) is 5.75 Å². The molecule has 0 aliphatic carbocycles. The van der Waals surface area contributed by atoms with Crippen LogP contribution in [0, 0.1) is 11.2 Å². The zero-order chi connectivity index (χ0) is 16.0. The number of hydrogen-bond acceptors (Lipinski definition) is 3. The van der Waals surface area contributed by atoms with E-state index in [2.05, 4.69) is 0 Å². The van der Waals surface area contributed by atoms with Gasteiger partial charge < -0.3 is 15.4 Å². The average Bonchev–Trinajstić information content (AvgIpc) is 2.42. The summed E-state index contributed by atoms with van der Waals surface area (Å²) in [6.07, 6.45) is 0.691. The van der Waals surface area contributed by atoms with Crippen molar-refractivity contribution >= 4 is 18.3 Å². The molecule has 0 aromatic heterocycles. The van der Waals surface area contributed by atoms with Crippen molar-refractivity contribution in [3.05, 3.63) is 30.1 Å². The molecule has 0 heterocycles. The van der Waals surface area contributed by atoms with Crippen LogP contribution in [0.4, 0.5) is 4.39 Å². The molecule has 0 saturated carbocycles. The summed E-state index contributed by atoms with van der Waals surface area (Å²) in [5.41, 5.74) is 5.69. The number of likely N-dealkylation sites (N-methyl/N-ethyl adjacent to an activating group) is 1. The van der Waals surface area contributed by atoms with Crippen molar-refractivity contribution in [2.45, 2.75) is 33.2 Å². The van der Waals surface area contributed by atoms with Gasteiger partial charge in [0.15, 0.2) is 0 Å². The smallest absolute Gasteiger partial charge is 0.239 e. The van der Waals surface area contributed by atoms with Gasteiger partial charge in [0.1, 0.15) is 11.6 Å². The van der Waals surface area contributed by atoms with Crippen molar-refractivity contribution < 1.29 is 13.9 Å². The van der Waals surface area contributed by atoms with Crippen molar-refractivity contribution in [2.75, 3.05) is 20.2 Å². The highest BCUT2D eigenvalue weighted by atomic mass is 35.5. The minimum absolute atomic E-state index is 0. The largest absolute Gasteiger partial charge is 0.494 e. The van der Waals surface area contributed by atoms with E-state index in [1.165, 1.54) is 12.1 Å². The van der Waals surface area contributed by atoms with Crippen molar-refractivity contribution in [2.24, 2.45) is 11.1 Å². The predicted octanol–water partition coefficient (Wildman–Crippen LogP) is 2.85. The molecule has 0 fully saturated rings. The molecule has 1 rings (SSSR count). The number of hydrogen-bond donors (Lipinski definition) is 1. The van der Waals surface area contributed by atoms with Gasteiger partial charge >= 0.3 is 0 Å². The van der Waals surface area contributed by atoms with E-state index in [1.807, 2.05) is 20.8 Å². The monoisotopic (exact) mass is 332 g/mol. The van der Waals surface area contributed by atoms with Crippen LogP contribution in [0.1, 0.15) is 27.2 Å². The molecular weight excluding hydrogens is 307 g/mol. The Morgan fingerprint density at radius 2 is 1.86 bits per heavy atom.